The zero-order valence-electron chi connectivity index (χ0n) is 30.1. The number of nitrogens with one attached hydrogen (secondary N) is 3. The van der Waals surface area contributed by atoms with Gasteiger partial charge in [0.05, 0.1) is 13.0 Å². The largest absolute Gasteiger partial charge is 0.481 e. The Morgan fingerprint density at radius 2 is 1.30 bits per heavy atom. The van der Waals surface area contributed by atoms with Gasteiger partial charge in [-0.25, -0.2) is 4.79 Å². The molecule has 4 N–H and O–H groups in total. The summed E-state index contributed by atoms with van der Waals surface area (Å²) in [5, 5.41) is 18.8. The molecule has 2 fully saturated rings. The lowest BCUT2D eigenvalue weighted by Crippen LogP contribution is -2.60. The molecular weight excluding hydrogens is 582 g/mol. The van der Waals surface area contributed by atoms with Crippen molar-refractivity contribution in [3.05, 3.63) is 0 Å². The molecule has 1 aliphatic carbocycles. The molecule has 46 heavy (non-hydrogen) atoms. The van der Waals surface area contributed by atoms with E-state index in [0.717, 1.165) is 38.5 Å². The van der Waals surface area contributed by atoms with Crippen LogP contribution >= 0.6 is 0 Å². The lowest BCUT2D eigenvalue weighted by Gasteiger charge is -2.45. The smallest absolute Gasteiger partial charge is 0.315 e. The maximum atomic E-state index is 13.5. The second kappa shape index (κ2) is 21.9. The maximum Gasteiger partial charge on any atom is 0.315 e. The number of hydrogen-bond acceptors (Lipinski definition) is 5. The molecule has 3 amide bonds. The molecule has 9 heteroatoms. The third kappa shape index (κ3) is 16.3. The van der Waals surface area contributed by atoms with Gasteiger partial charge in [0.1, 0.15) is 6.10 Å². The standard InChI is InChI=1S/C37H69N3O6/c1-6-7-8-9-10-11-12-13-14-15-16-17-18-19-20-23-26-38-35(44)40-30-25-22-21-24-29(30)31(27-32(41)42)39-34(43)33-36(2,3)28-45-37(4,5)46-33/h29-31,33H,6-28H2,1-5H3,(H,39,43)(H,41,42)(H2,38,40,44). The zero-order chi connectivity index (χ0) is 33.8. The molecule has 0 radical (unpaired) electrons. The second-order valence-electron chi connectivity index (χ2n) is 15.1. The summed E-state index contributed by atoms with van der Waals surface area (Å²) in [5.41, 5.74) is -0.565. The fraction of sp³-hybridized carbons (Fsp3) is 0.919. The number of rotatable bonds is 23. The quantitative estimate of drug-likeness (QED) is 0.0825. The number of carboxylic acids is 1. The first-order valence-corrected chi connectivity index (χ1v) is 18.8. The van der Waals surface area contributed by atoms with Gasteiger partial charge in [-0.2, -0.15) is 0 Å². The molecule has 1 saturated carbocycles. The predicted octanol–water partition coefficient (Wildman–Crippen LogP) is 8.24. The van der Waals surface area contributed by atoms with Gasteiger partial charge in [0.2, 0.25) is 5.91 Å². The molecule has 0 aromatic rings. The van der Waals surface area contributed by atoms with Crippen molar-refractivity contribution >= 4 is 17.9 Å². The van der Waals surface area contributed by atoms with Crippen molar-refractivity contribution in [1.29, 1.82) is 0 Å². The van der Waals surface area contributed by atoms with Crippen LogP contribution in [-0.2, 0) is 19.1 Å². The van der Waals surface area contributed by atoms with E-state index in [9.17, 15) is 19.5 Å². The van der Waals surface area contributed by atoms with Gasteiger partial charge in [0.15, 0.2) is 5.79 Å². The average molecular weight is 652 g/mol. The molecule has 2 aliphatic rings. The number of amides is 3. The number of carbonyl (C=O) groups excluding carboxylic acids is 2. The minimum atomic E-state index is -0.977. The number of unbranched alkanes of at least 4 members (excludes halogenated alkanes) is 15. The van der Waals surface area contributed by atoms with E-state index in [4.69, 9.17) is 9.47 Å². The minimum absolute atomic E-state index is 0.175. The van der Waals surface area contributed by atoms with Crippen LogP contribution in [0.3, 0.4) is 0 Å². The molecule has 1 heterocycles. The minimum Gasteiger partial charge on any atom is -0.481 e. The summed E-state index contributed by atoms with van der Waals surface area (Å²) >= 11 is 0. The lowest BCUT2D eigenvalue weighted by molar-refractivity contribution is -0.304. The zero-order valence-corrected chi connectivity index (χ0v) is 30.1. The van der Waals surface area contributed by atoms with Crippen LogP contribution < -0.4 is 16.0 Å². The van der Waals surface area contributed by atoms with Gasteiger partial charge >= 0.3 is 12.0 Å². The van der Waals surface area contributed by atoms with Crippen LogP contribution in [0.2, 0.25) is 0 Å². The van der Waals surface area contributed by atoms with E-state index in [1.807, 2.05) is 13.8 Å². The molecule has 0 aromatic heterocycles. The highest BCUT2D eigenvalue weighted by molar-refractivity contribution is 5.83. The second-order valence-corrected chi connectivity index (χ2v) is 15.1. The Morgan fingerprint density at radius 3 is 1.85 bits per heavy atom. The van der Waals surface area contributed by atoms with Crippen LogP contribution in [-0.4, -0.2) is 60.1 Å². The topological polar surface area (TPSA) is 126 Å². The van der Waals surface area contributed by atoms with Crippen LogP contribution in [0, 0.1) is 11.3 Å². The number of carboxylic acid groups (broad SMARTS) is 1. The highest BCUT2D eigenvalue weighted by atomic mass is 16.7. The Bertz CT molecular complexity index is 879. The molecule has 2 rings (SSSR count). The van der Waals surface area contributed by atoms with Crippen LogP contribution in [0.4, 0.5) is 4.79 Å². The molecule has 0 aromatic carbocycles. The van der Waals surface area contributed by atoms with E-state index in [1.165, 1.54) is 89.9 Å². The number of urea groups is 1. The van der Waals surface area contributed by atoms with E-state index in [-0.39, 0.29) is 30.3 Å². The van der Waals surface area contributed by atoms with Gasteiger partial charge in [0, 0.05) is 30.0 Å². The van der Waals surface area contributed by atoms with Gasteiger partial charge in [-0.05, 0) is 33.1 Å². The predicted molar refractivity (Wildman–Crippen MR) is 185 cm³/mol. The van der Waals surface area contributed by atoms with Crippen LogP contribution in [0.25, 0.3) is 0 Å². The molecule has 0 bridgehead atoms. The van der Waals surface area contributed by atoms with Crippen LogP contribution in [0.15, 0.2) is 0 Å². The Labute approximate surface area is 280 Å². The van der Waals surface area contributed by atoms with Crippen molar-refractivity contribution < 1.29 is 29.0 Å². The first-order chi connectivity index (χ1) is 21.9. The van der Waals surface area contributed by atoms with Crippen molar-refractivity contribution in [2.45, 2.75) is 193 Å². The van der Waals surface area contributed by atoms with Crippen molar-refractivity contribution in [1.82, 2.24) is 16.0 Å². The van der Waals surface area contributed by atoms with Gasteiger partial charge in [0.25, 0.3) is 0 Å². The fourth-order valence-electron chi connectivity index (χ4n) is 6.99. The summed E-state index contributed by atoms with van der Waals surface area (Å²) in [6.45, 7) is 10.6. The first-order valence-electron chi connectivity index (χ1n) is 18.8. The molecule has 0 spiro atoms. The highest BCUT2D eigenvalue weighted by Gasteiger charge is 2.47. The molecule has 268 valence electrons. The normalized spacial score (nSPS) is 22.9. The summed E-state index contributed by atoms with van der Waals surface area (Å²) in [5.74, 6) is -2.38. The van der Waals surface area contributed by atoms with Gasteiger partial charge in [-0.3, -0.25) is 9.59 Å². The van der Waals surface area contributed by atoms with Gasteiger partial charge < -0.3 is 30.5 Å². The van der Waals surface area contributed by atoms with E-state index < -0.39 is 29.3 Å². The van der Waals surface area contributed by atoms with Crippen LogP contribution in [0.5, 0.6) is 0 Å². The maximum absolute atomic E-state index is 13.5. The van der Waals surface area contributed by atoms with Crippen molar-refractivity contribution in [3.63, 3.8) is 0 Å². The first kappa shape index (κ1) is 40.3. The Balaban J connectivity index is 1.66. The number of carbonyl (C=O) groups is 3. The van der Waals surface area contributed by atoms with Gasteiger partial charge in [-0.1, -0.05) is 130 Å². The summed E-state index contributed by atoms with van der Waals surface area (Å²) in [4.78, 5) is 38.1. The summed E-state index contributed by atoms with van der Waals surface area (Å²) in [6.07, 6.45) is 23.5. The highest BCUT2D eigenvalue weighted by Crippen LogP contribution is 2.36. The van der Waals surface area contributed by atoms with E-state index >= 15 is 0 Å². The molecular formula is C37H69N3O6. The number of ether oxygens (including phenoxy) is 2. The number of hydrogen-bond donors (Lipinski definition) is 4. The number of aliphatic carboxylic acids is 1. The third-order valence-corrected chi connectivity index (χ3v) is 9.83. The SMILES string of the molecule is CCCCCCCCCCCCCCCCCCNC(=O)NC1CCCCC1C(CC(=O)O)NC(=O)C1OC(C)(C)OCC1(C)C. The summed E-state index contributed by atoms with van der Waals surface area (Å²) < 4.78 is 11.8. The monoisotopic (exact) mass is 652 g/mol. The molecule has 4 unspecified atom stereocenters. The van der Waals surface area contributed by atoms with Crippen molar-refractivity contribution in [2.75, 3.05) is 13.2 Å². The van der Waals surface area contributed by atoms with Crippen molar-refractivity contribution in [3.8, 4) is 0 Å². The average Bonchev–Trinajstić information content (AvgIpc) is 2.99. The van der Waals surface area contributed by atoms with E-state index in [1.54, 1.807) is 13.8 Å². The van der Waals surface area contributed by atoms with Gasteiger partial charge in [-0.15, -0.1) is 0 Å². The lowest BCUT2D eigenvalue weighted by atomic mass is 9.78. The third-order valence-electron chi connectivity index (χ3n) is 9.83. The van der Waals surface area contributed by atoms with Crippen molar-refractivity contribution in [2.24, 2.45) is 11.3 Å². The Morgan fingerprint density at radius 1 is 0.783 bits per heavy atom. The summed E-state index contributed by atoms with van der Waals surface area (Å²) in [7, 11) is 0. The molecule has 9 nitrogen and oxygen atoms in total. The fourth-order valence-corrected chi connectivity index (χ4v) is 6.99. The molecule has 1 aliphatic heterocycles. The summed E-state index contributed by atoms with van der Waals surface area (Å²) in [6, 6.07) is -1.03. The Hall–Kier alpha value is -1.87. The molecule has 1 saturated heterocycles. The van der Waals surface area contributed by atoms with Crippen LogP contribution in [0.1, 0.15) is 169 Å². The van der Waals surface area contributed by atoms with E-state index in [2.05, 4.69) is 22.9 Å². The molecule has 4 atom stereocenters. The van der Waals surface area contributed by atoms with E-state index in [0.29, 0.717) is 13.2 Å². The Kier molecular flexibility index (Phi) is 19.2.